The van der Waals surface area contributed by atoms with Crippen LogP contribution in [0.2, 0.25) is 15.5 Å². The number of hydrogen-bond donors (Lipinski definition) is 0. The van der Waals surface area contributed by atoms with E-state index in [0.717, 1.165) is 10.3 Å². The molecule has 0 heterocycles. The third kappa shape index (κ3) is 3.49. The molecule has 0 aliphatic heterocycles. The van der Waals surface area contributed by atoms with E-state index in [1.54, 1.807) is 0 Å². The van der Waals surface area contributed by atoms with Crippen LogP contribution in [0.5, 0.6) is 0 Å². The number of benzene rings is 1. The van der Waals surface area contributed by atoms with Crippen LogP contribution in [0.15, 0.2) is 24.3 Å². The summed E-state index contributed by atoms with van der Waals surface area (Å²) in [7, 11) is 6.64. The Morgan fingerprint density at radius 1 is 1.07 bits per heavy atom. The SMILES string of the molecule is C[CH2][Ge]([Cl])([CH2]C)[CH2]c1ccc(Cl)cc1. The van der Waals surface area contributed by atoms with Gasteiger partial charge >= 0.3 is 98.4 Å². The molecule has 0 fully saturated rings. The van der Waals surface area contributed by atoms with E-state index >= 15 is 0 Å². The molecule has 0 unspecified atom stereocenters. The molecule has 0 aliphatic carbocycles. The number of rotatable bonds is 4. The Labute approximate surface area is 98.2 Å². The van der Waals surface area contributed by atoms with E-state index in [9.17, 15) is 0 Å². The summed E-state index contributed by atoms with van der Waals surface area (Å²) in [5.74, 6) is 0. The fraction of sp³-hybridized carbons (Fsp3) is 0.455. The van der Waals surface area contributed by atoms with Gasteiger partial charge in [-0.1, -0.05) is 0 Å². The fourth-order valence-electron chi connectivity index (χ4n) is 1.47. The van der Waals surface area contributed by atoms with Gasteiger partial charge in [0.05, 0.1) is 0 Å². The van der Waals surface area contributed by atoms with Crippen molar-refractivity contribution in [1.82, 2.24) is 0 Å². The molecule has 0 atom stereocenters. The molecule has 0 radical (unpaired) electrons. The fourth-order valence-corrected chi connectivity index (χ4v) is 6.52. The zero-order valence-corrected chi connectivity index (χ0v) is 12.3. The summed E-state index contributed by atoms with van der Waals surface area (Å²) >= 11 is 3.80. The van der Waals surface area contributed by atoms with Crippen molar-refractivity contribution in [2.24, 2.45) is 0 Å². The van der Waals surface area contributed by atoms with Crippen LogP contribution >= 0.6 is 21.6 Å². The van der Waals surface area contributed by atoms with E-state index in [2.05, 4.69) is 26.0 Å². The van der Waals surface area contributed by atoms with Crippen LogP contribution in [0.1, 0.15) is 19.4 Å². The Morgan fingerprint density at radius 3 is 2.00 bits per heavy atom. The Hall–Kier alpha value is 0.343. The first-order valence-corrected chi connectivity index (χ1v) is 12.6. The molecule has 0 nitrogen and oxygen atoms in total. The van der Waals surface area contributed by atoms with E-state index < -0.39 is 12.3 Å². The molecule has 1 aromatic carbocycles. The Balaban J connectivity index is 2.72. The van der Waals surface area contributed by atoms with Crippen LogP contribution in [-0.2, 0) is 5.25 Å². The van der Waals surface area contributed by atoms with Crippen LogP contribution < -0.4 is 0 Å². The maximum absolute atomic E-state index is 6.64. The third-order valence-corrected chi connectivity index (χ3v) is 13.9. The normalized spacial score (nSPS) is 11.7. The van der Waals surface area contributed by atoms with E-state index in [1.807, 2.05) is 12.1 Å². The molecule has 0 bridgehead atoms. The van der Waals surface area contributed by atoms with Crippen LogP contribution in [0.4, 0.5) is 0 Å². The van der Waals surface area contributed by atoms with Gasteiger partial charge in [0.15, 0.2) is 0 Å². The van der Waals surface area contributed by atoms with E-state index in [0.29, 0.717) is 0 Å². The second-order valence-electron chi connectivity index (χ2n) is 3.66. The molecule has 0 saturated carbocycles. The van der Waals surface area contributed by atoms with Crippen molar-refractivity contribution >= 4 is 33.9 Å². The van der Waals surface area contributed by atoms with Gasteiger partial charge in [0.1, 0.15) is 0 Å². The molecule has 78 valence electrons. The first-order valence-electron chi connectivity index (χ1n) is 5.03. The van der Waals surface area contributed by atoms with Gasteiger partial charge in [-0.05, 0) is 0 Å². The number of halogens is 2. The standard InChI is InChI=1S/C11H16Cl2Ge/c1-3-14(13,4-2)9-10-5-7-11(12)8-6-10/h5-8H,3-4,9H2,1-2H3. The zero-order chi connectivity index (χ0) is 10.6. The van der Waals surface area contributed by atoms with Gasteiger partial charge in [0.2, 0.25) is 0 Å². The first kappa shape index (κ1) is 12.4. The minimum absolute atomic E-state index is 0.800. The summed E-state index contributed by atoms with van der Waals surface area (Å²) in [6.07, 6.45) is 0. The summed E-state index contributed by atoms with van der Waals surface area (Å²) in [4.78, 5) is 0. The van der Waals surface area contributed by atoms with Crippen molar-refractivity contribution in [2.75, 3.05) is 0 Å². The minimum atomic E-state index is -2.03. The van der Waals surface area contributed by atoms with Gasteiger partial charge in [-0.15, -0.1) is 0 Å². The molecule has 0 aromatic heterocycles. The molecule has 3 heteroatoms. The van der Waals surface area contributed by atoms with E-state index in [4.69, 9.17) is 21.6 Å². The Morgan fingerprint density at radius 2 is 1.57 bits per heavy atom. The predicted octanol–water partition coefficient (Wildman–Crippen LogP) is 4.65. The average Bonchev–Trinajstić information content (AvgIpc) is 2.21. The molecule has 0 aliphatic rings. The van der Waals surface area contributed by atoms with Gasteiger partial charge in [0, 0.05) is 0 Å². The van der Waals surface area contributed by atoms with Crippen molar-refractivity contribution in [3.63, 3.8) is 0 Å². The number of hydrogen-bond acceptors (Lipinski definition) is 0. The zero-order valence-electron chi connectivity index (χ0n) is 8.69. The molecular formula is C11H16Cl2Ge. The second kappa shape index (κ2) is 5.43. The van der Waals surface area contributed by atoms with Gasteiger partial charge in [-0.2, -0.15) is 0 Å². The molecule has 1 rings (SSSR count). The Bertz CT molecular complexity index is 278. The van der Waals surface area contributed by atoms with E-state index in [1.165, 1.54) is 16.1 Å². The molecule has 14 heavy (non-hydrogen) atoms. The molecule has 0 saturated heterocycles. The molecule has 1 aromatic rings. The average molecular weight is 292 g/mol. The second-order valence-corrected chi connectivity index (χ2v) is 16.8. The van der Waals surface area contributed by atoms with Gasteiger partial charge in [-0.3, -0.25) is 0 Å². The van der Waals surface area contributed by atoms with Crippen molar-refractivity contribution in [3.8, 4) is 0 Å². The van der Waals surface area contributed by atoms with Crippen LogP contribution in [-0.4, -0.2) is 12.3 Å². The van der Waals surface area contributed by atoms with Gasteiger partial charge < -0.3 is 0 Å². The van der Waals surface area contributed by atoms with Crippen molar-refractivity contribution in [3.05, 3.63) is 34.9 Å². The molecule has 0 spiro atoms. The molecule has 0 amide bonds. The predicted molar refractivity (Wildman–Crippen MR) is 67.7 cm³/mol. The van der Waals surface area contributed by atoms with E-state index in [-0.39, 0.29) is 0 Å². The van der Waals surface area contributed by atoms with Crippen molar-refractivity contribution < 1.29 is 0 Å². The summed E-state index contributed by atoms with van der Waals surface area (Å²) < 4.78 is 0. The summed E-state index contributed by atoms with van der Waals surface area (Å²) in [6, 6.07) is 8.08. The summed E-state index contributed by atoms with van der Waals surface area (Å²) in [5, 5.41) is 4.27. The first-order chi connectivity index (χ1) is 6.59. The quantitative estimate of drug-likeness (QED) is 0.709. The van der Waals surface area contributed by atoms with Gasteiger partial charge in [-0.25, -0.2) is 0 Å². The topological polar surface area (TPSA) is 0 Å². The van der Waals surface area contributed by atoms with Gasteiger partial charge in [0.25, 0.3) is 0 Å². The molecular weight excluding hydrogens is 276 g/mol. The monoisotopic (exact) mass is 292 g/mol. The van der Waals surface area contributed by atoms with Crippen molar-refractivity contribution in [1.29, 1.82) is 0 Å². The van der Waals surface area contributed by atoms with Crippen LogP contribution in [0.25, 0.3) is 0 Å². The summed E-state index contributed by atoms with van der Waals surface area (Å²) in [5.41, 5.74) is 1.34. The summed E-state index contributed by atoms with van der Waals surface area (Å²) in [6.45, 7) is 4.43. The third-order valence-electron chi connectivity index (χ3n) is 2.70. The maximum atomic E-state index is 6.64. The Kier molecular flexibility index (Phi) is 4.82. The molecule has 0 N–H and O–H groups in total. The van der Waals surface area contributed by atoms with Crippen molar-refractivity contribution in [2.45, 2.75) is 29.6 Å². The van der Waals surface area contributed by atoms with Crippen LogP contribution in [0.3, 0.4) is 0 Å². The van der Waals surface area contributed by atoms with Crippen LogP contribution in [0, 0.1) is 0 Å².